The molecule has 0 saturated carbocycles. The Bertz CT molecular complexity index is 236. The Kier molecular flexibility index (Phi) is 5.25. The number of hydrogen-bond acceptors (Lipinski definition) is 3. The van der Waals surface area contributed by atoms with Crippen molar-refractivity contribution >= 4 is 16.7 Å². The molecule has 1 amide bonds. The fourth-order valence-electron chi connectivity index (χ4n) is 1.64. The molecular weight excluding hydrogens is 212 g/mol. The van der Waals surface area contributed by atoms with Crippen molar-refractivity contribution in [3.05, 3.63) is 0 Å². The van der Waals surface area contributed by atoms with E-state index in [0.717, 1.165) is 19.3 Å². The molecule has 1 saturated heterocycles. The van der Waals surface area contributed by atoms with Gasteiger partial charge in [-0.2, -0.15) is 0 Å². The normalized spacial score (nSPS) is 20.3. The molecule has 0 aromatic heterocycles. The molecule has 1 aliphatic rings. The highest BCUT2D eigenvalue weighted by Gasteiger charge is 2.23. The van der Waals surface area contributed by atoms with Gasteiger partial charge in [0, 0.05) is 35.4 Å². The Balaban J connectivity index is 2.35. The van der Waals surface area contributed by atoms with E-state index in [1.165, 1.54) is 0 Å². The van der Waals surface area contributed by atoms with Gasteiger partial charge in [-0.25, -0.2) is 0 Å². The van der Waals surface area contributed by atoms with Crippen LogP contribution in [0.15, 0.2) is 0 Å². The Labute approximate surface area is 93.7 Å². The Hall–Kier alpha value is -0.420. The van der Waals surface area contributed by atoms with E-state index in [4.69, 9.17) is 5.73 Å². The number of unbranched alkanes of at least 4 members (excludes halogenated alkanes) is 1. The van der Waals surface area contributed by atoms with Gasteiger partial charge >= 0.3 is 0 Å². The van der Waals surface area contributed by atoms with Gasteiger partial charge in [-0.05, 0) is 6.42 Å². The SMILES string of the molecule is CCCC[C@H](N)C(=O)N1CCS(=O)CC1. The molecule has 1 atom stereocenters. The lowest BCUT2D eigenvalue weighted by atomic mass is 10.1. The summed E-state index contributed by atoms with van der Waals surface area (Å²) in [6, 6.07) is -0.364. The van der Waals surface area contributed by atoms with Crippen LogP contribution in [-0.2, 0) is 15.6 Å². The second kappa shape index (κ2) is 6.23. The highest BCUT2D eigenvalue weighted by molar-refractivity contribution is 7.85. The maximum atomic E-state index is 11.8. The van der Waals surface area contributed by atoms with Gasteiger partial charge < -0.3 is 10.6 Å². The summed E-state index contributed by atoms with van der Waals surface area (Å²) < 4.78 is 11.1. The third-order valence-corrected chi connectivity index (χ3v) is 3.95. The van der Waals surface area contributed by atoms with Gasteiger partial charge in [0.1, 0.15) is 0 Å². The maximum absolute atomic E-state index is 11.8. The summed E-state index contributed by atoms with van der Waals surface area (Å²) in [4.78, 5) is 13.6. The molecule has 0 aromatic carbocycles. The maximum Gasteiger partial charge on any atom is 0.239 e. The van der Waals surface area contributed by atoms with Crippen molar-refractivity contribution in [1.29, 1.82) is 0 Å². The minimum Gasteiger partial charge on any atom is -0.340 e. The van der Waals surface area contributed by atoms with E-state index in [9.17, 15) is 9.00 Å². The average Bonchev–Trinajstić information content (AvgIpc) is 2.26. The van der Waals surface area contributed by atoms with Crippen LogP contribution in [0.2, 0.25) is 0 Å². The van der Waals surface area contributed by atoms with Crippen LogP contribution in [0, 0.1) is 0 Å². The minimum atomic E-state index is -0.731. The molecule has 1 fully saturated rings. The molecule has 0 spiro atoms. The predicted octanol–water partition coefficient (Wildman–Crippen LogP) is 0.0948. The molecule has 1 heterocycles. The van der Waals surface area contributed by atoms with Gasteiger partial charge in [0.05, 0.1) is 6.04 Å². The smallest absolute Gasteiger partial charge is 0.239 e. The largest absolute Gasteiger partial charge is 0.340 e. The molecule has 5 heteroatoms. The lowest BCUT2D eigenvalue weighted by Gasteiger charge is -2.28. The Morgan fingerprint density at radius 2 is 2.07 bits per heavy atom. The molecule has 0 aliphatic carbocycles. The molecule has 15 heavy (non-hydrogen) atoms. The monoisotopic (exact) mass is 232 g/mol. The zero-order chi connectivity index (χ0) is 11.3. The van der Waals surface area contributed by atoms with Crippen LogP contribution in [0.5, 0.6) is 0 Å². The Morgan fingerprint density at radius 3 is 2.60 bits per heavy atom. The van der Waals surface area contributed by atoms with Crippen molar-refractivity contribution in [2.75, 3.05) is 24.6 Å². The first-order valence-electron chi connectivity index (χ1n) is 5.54. The van der Waals surface area contributed by atoms with E-state index in [-0.39, 0.29) is 11.9 Å². The van der Waals surface area contributed by atoms with Gasteiger partial charge in [-0.3, -0.25) is 9.00 Å². The van der Waals surface area contributed by atoms with Crippen LogP contribution in [0.3, 0.4) is 0 Å². The molecule has 1 rings (SSSR count). The van der Waals surface area contributed by atoms with E-state index in [0.29, 0.717) is 24.6 Å². The third-order valence-electron chi connectivity index (χ3n) is 2.68. The third kappa shape index (κ3) is 3.91. The molecule has 1 aliphatic heterocycles. The van der Waals surface area contributed by atoms with Crippen LogP contribution in [0.4, 0.5) is 0 Å². The zero-order valence-corrected chi connectivity index (χ0v) is 10.1. The van der Waals surface area contributed by atoms with E-state index in [1.807, 2.05) is 0 Å². The Morgan fingerprint density at radius 1 is 1.47 bits per heavy atom. The van der Waals surface area contributed by atoms with Crippen molar-refractivity contribution in [1.82, 2.24) is 4.90 Å². The lowest BCUT2D eigenvalue weighted by molar-refractivity contribution is -0.132. The lowest BCUT2D eigenvalue weighted by Crippen LogP contribution is -2.49. The number of hydrogen-bond donors (Lipinski definition) is 1. The summed E-state index contributed by atoms with van der Waals surface area (Å²) in [6.45, 7) is 3.29. The standard InChI is InChI=1S/C10H20N2O2S/c1-2-3-4-9(11)10(13)12-5-7-15(14)8-6-12/h9H,2-8,11H2,1H3/t9-/m0/s1. The first-order valence-corrected chi connectivity index (χ1v) is 7.03. The van der Waals surface area contributed by atoms with Crippen molar-refractivity contribution < 1.29 is 9.00 Å². The fourth-order valence-corrected chi connectivity index (χ4v) is 2.69. The molecule has 4 nitrogen and oxygen atoms in total. The summed E-state index contributed by atoms with van der Waals surface area (Å²) in [5, 5.41) is 0. The number of carbonyl (C=O) groups is 1. The minimum absolute atomic E-state index is 0.0279. The number of amides is 1. The number of carbonyl (C=O) groups excluding carboxylic acids is 1. The molecule has 0 radical (unpaired) electrons. The number of nitrogens with two attached hydrogens (primary N) is 1. The molecule has 88 valence electrons. The van der Waals surface area contributed by atoms with Crippen molar-refractivity contribution in [3.8, 4) is 0 Å². The molecular formula is C10H20N2O2S. The summed E-state index contributed by atoms with van der Waals surface area (Å²) in [7, 11) is -0.731. The second-order valence-corrected chi connectivity index (χ2v) is 5.62. The van der Waals surface area contributed by atoms with Crippen LogP contribution >= 0.6 is 0 Å². The fraction of sp³-hybridized carbons (Fsp3) is 0.900. The summed E-state index contributed by atoms with van der Waals surface area (Å²) in [5.41, 5.74) is 5.80. The summed E-state index contributed by atoms with van der Waals surface area (Å²) >= 11 is 0. The zero-order valence-electron chi connectivity index (χ0n) is 9.28. The van der Waals surface area contributed by atoms with E-state index in [1.54, 1.807) is 4.90 Å². The van der Waals surface area contributed by atoms with E-state index in [2.05, 4.69) is 6.92 Å². The van der Waals surface area contributed by atoms with Crippen LogP contribution in [0.1, 0.15) is 26.2 Å². The average molecular weight is 232 g/mol. The van der Waals surface area contributed by atoms with Crippen molar-refractivity contribution in [2.45, 2.75) is 32.2 Å². The van der Waals surface area contributed by atoms with Crippen LogP contribution < -0.4 is 5.73 Å². The molecule has 2 N–H and O–H groups in total. The van der Waals surface area contributed by atoms with E-state index < -0.39 is 10.8 Å². The number of nitrogens with zero attached hydrogens (tertiary/aromatic N) is 1. The molecule has 0 aromatic rings. The predicted molar refractivity (Wildman–Crippen MR) is 62.0 cm³/mol. The number of rotatable bonds is 4. The van der Waals surface area contributed by atoms with Crippen molar-refractivity contribution in [3.63, 3.8) is 0 Å². The van der Waals surface area contributed by atoms with Gasteiger partial charge in [0.2, 0.25) is 5.91 Å². The first kappa shape index (κ1) is 12.6. The van der Waals surface area contributed by atoms with E-state index >= 15 is 0 Å². The van der Waals surface area contributed by atoms with Crippen LogP contribution in [-0.4, -0.2) is 45.7 Å². The molecule has 0 unspecified atom stereocenters. The summed E-state index contributed by atoms with van der Waals surface area (Å²) in [5.74, 6) is 1.23. The van der Waals surface area contributed by atoms with Gasteiger partial charge in [0.25, 0.3) is 0 Å². The molecule has 0 bridgehead atoms. The van der Waals surface area contributed by atoms with Gasteiger partial charge in [-0.1, -0.05) is 19.8 Å². The van der Waals surface area contributed by atoms with Gasteiger partial charge in [-0.15, -0.1) is 0 Å². The van der Waals surface area contributed by atoms with Crippen molar-refractivity contribution in [2.24, 2.45) is 5.73 Å². The highest BCUT2D eigenvalue weighted by atomic mass is 32.2. The van der Waals surface area contributed by atoms with Gasteiger partial charge in [0.15, 0.2) is 0 Å². The second-order valence-electron chi connectivity index (χ2n) is 3.92. The highest BCUT2D eigenvalue weighted by Crippen LogP contribution is 2.06. The summed E-state index contributed by atoms with van der Waals surface area (Å²) in [6.07, 6.45) is 2.81. The first-order chi connectivity index (χ1) is 7.15. The quantitative estimate of drug-likeness (QED) is 0.747. The topological polar surface area (TPSA) is 63.4 Å². The van der Waals surface area contributed by atoms with Crippen LogP contribution in [0.25, 0.3) is 0 Å².